The van der Waals surface area contributed by atoms with Gasteiger partial charge in [0, 0.05) is 24.8 Å². The molecule has 0 aliphatic carbocycles. The van der Waals surface area contributed by atoms with Crippen LogP contribution in [0.2, 0.25) is 0 Å². The summed E-state index contributed by atoms with van der Waals surface area (Å²) in [4.78, 5) is 22.8. The second-order valence-corrected chi connectivity index (χ2v) is 8.79. The molecule has 0 radical (unpaired) electrons. The zero-order chi connectivity index (χ0) is 24.4. The number of halogens is 3. The molecule has 0 spiro atoms. The lowest BCUT2D eigenvalue weighted by Crippen LogP contribution is -2.35. The predicted octanol–water partition coefficient (Wildman–Crippen LogP) is 4.99. The van der Waals surface area contributed by atoms with Crippen LogP contribution in [-0.2, 0) is 16.1 Å². The SMILES string of the molecule is O=C(Oc1cccc(Nc2ncnc3cc(-c4ccc(CN5CCOCC5)o4)sc23)c1)C(F)(F)F. The fraction of sp³-hybridized carbons (Fsp3) is 0.261. The number of nitrogens with one attached hydrogen (secondary N) is 1. The third kappa shape index (κ3) is 5.45. The van der Waals surface area contributed by atoms with Gasteiger partial charge in [-0.2, -0.15) is 13.2 Å². The van der Waals surface area contributed by atoms with Crippen molar-refractivity contribution in [2.45, 2.75) is 12.7 Å². The molecule has 182 valence electrons. The highest BCUT2D eigenvalue weighted by Gasteiger charge is 2.41. The number of nitrogens with zero attached hydrogens (tertiary/aromatic N) is 3. The van der Waals surface area contributed by atoms with Gasteiger partial charge in [0.25, 0.3) is 0 Å². The Morgan fingerprint density at radius 3 is 2.77 bits per heavy atom. The maximum atomic E-state index is 12.5. The van der Waals surface area contributed by atoms with Crippen LogP contribution in [0, 0.1) is 0 Å². The molecule has 1 fully saturated rings. The van der Waals surface area contributed by atoms with Crippen molar-refractivity contribution in [3.05, 3.63) is 54.6 Å². The van der Waals surface area contributed by atoms with Gasteiger partial charge in [0.05, 0.1) is 34.9 Å². The lowest BCUT2D eigenvalue weighted by atomic mass is 10.3. The summed E-state index contributed by atoms with van der Waals surface area (Å²) >= 11 is 1.42. The first-order valence-electron chi connectivity index (χ1n) is 10.6. The smallest absolute Gasteiger partial charge is 0.459 e. The number of fused-ring (bicyclic) bond motifs is 1. The van der Waals surface area contributed by atoms with E-state index in [2.05, 4.69) is 24.9 Å². The number of furan rings is 1. The summed E-state index contributed by atoms with van der Waals surface area (Å²) in [6, 6.07) is 11.4. The molecule has 4 aromatic rings. The number of hydrogen-bond donors (Lipinski definition) is 1. The highest BCUT2D eigenvalue weighted by molar-refractivity contribution is 7.22. The molecule has 35 heavy (non-hydrogen) atoms. The minimum atomic E-state index is -5.08. The third-order valence-electron chi connectivity index (χ3n) is 5.24. The van der Waals surface area contributed by atoms with Crippen LogP contribution >= 0.6 is 11.3 Å². The van der Waals surface area contributed by atoms with Crippen LogP contribution in [0.15, 0.2) is 53.2 Å². The largest absolute Gasteiger partial charge is 0.491 e. The maximum absolute atomic E-state index is 12.5. The minimum absolute atomic E-state index is 0.238. The molecule has 0 amide bonds. The fourth-order valence-corrected chi connectivity index (χ4v) is 4.60. The molecule has 1 aliphatic heterocycles. The van der Waals surface area contributed by atoms with E-state index in [1.807, 2.05) is 18.2 Å². The van der Waals surface area contributed by atoms with Crippen molar-refractivity contribution in [3.8, 4) is 16.4 Å². The minimum Gasteiger partial charge on any atom is -0.459 e. The van der Waals surface area contributed by atoms with Crippen LogP contribution < -0.4 is 10.1 Å². The van der Waals surface area contributed by atoms with Crippen molar-refractivity contribution in [2.24, 2.45) is 0 Å². The Bertz CT molecular complexity index is 1350. The van der Waals surface area contributed by atoms with E-state index in [1.165, 1.54) is 35.9 Å². The van der Waals surface area contributed by atoms with Gasteiger partial charge >= 0.3 is 12.1 Å². The van der Waals surface area contributed by atoms with Crippen molar-refractivity contribution in [2.75, 3.05) is 31.6 Å². The molecule has 4 heterocycles. The number of alkyl halides is 3. The average Bonchev–Trinajstić information content (AvgIpc) is 3.47. The maximum Gasteiger partial charge on any atom is 0.491 e. The number of morpholine rings is 1. The van der Waals surface area contributed by atoms with Crippen LogP contribution in [0.25, 0.3) is 20.9 Å². The number of anilines is 2. The molecular formula is C23H19F3N4O4S. The number of thiophene rings is 1. The second-order valence-electron chi connectivity index (χ2n) is 7.74. The first-order valence-corrected chi connectivity index (χ1v) is 11.5. The van der Waals surface area contributed by atoms with Crippen molar-refractivity contribution in [1.82, 2.24) is 14.9 Å². The highest BCUT2D eigenvalue weighted by atomic mass is 32.1. The summed E-state index contributed by atoms with van der Waals surface area (Å²) in [6.07, 6.45) is -3.69. The van der Waals surface area contributed by atoms with E-state index in [0.29, 0.717) is 42.5 Å². The first kappa shape index (κ1) is 23.3. The van der Waals surface area contributed by atoms with Gasteiger partial charge in [0.15, 0.2) is 5.82 Å². The number of esters is 1. The number of carbonyl (C=O) groups is 1. The number of hydrogen-bond acceptors (Lipinski definition) is 9. The molecule has 12 heteroatoms. The van der Waals surface area contributed by atoms with Gasteiger partial charge in [-0.1, -0.05) is 6.07 Å². The van der Waals surface area contributed by atoms with Crippen molar-refractivity contribution < 1.29 is 31.9 Å². The molecule has 0 atom stereocenters. The molecule has 1 N–H and O–H groups in total. The van der Waals surface area contributed by atoms with Gasteiger partial charge in [-0.15, -0.1) is 11.3 Å². The highest BCUT2D eigenvalue weighted by Crippen LogP contribution is 2.37. The van der Waals surface area contributed by atoms with Crippen LogP contribution in [0.5, 0.6) is 5.75 Å². The summed E-state index contributed by atoms with van der Waals surface area (Å²) < 4.78 is 54.1. The zero-order valence-corrected chi connectivity index (χ0v) is 19.0. The Balaban J connectivity index is 1.34. The van der Waals surface area contributed by atoms with E-state index in [9.17, 15) is 18.0 Å². The third-order valence-corrected chi connectivity index (χ3v) is 6.38. The Labute approximate surface area is 201 Å². The molecule has 8 nitrogen and oxygen atoms in total. The summed E-state index contributed by atoms with van der Waals surface area (Å²) in [5, 5.41) is 3.06. The fourth-order valence-electron chi connectivity index (χ4n) is 3.58. The van der Waals surface area contributed by atoms with Gasteiger partial charge < -0.3 is 19.2 Å². The molecule has 1 saturated heterocycles. The van der Waals surface area contributed by atoms with E-state index in [1.54, 1.807) is 6.07 Å². The van der Waals surface area contributed by atoms with Gasteiger partial charge in [-0.05, 0) is 30.3 Å². The van der Waals surface area contributed by atoms with Crippen LogP contribution in [0.4, 0.5) is 24.7 Å². The molecule has 0 bridgehead atoms. The molecule has 3 aromatic heterocycles. The van der Waals surface area contributed by atoms with E-state index in [-0.39, 0.29) is 5.75 Å². The number of rotatable bonds is 6. The van der Waals surface area contributed by atoms with Gasteiger partial charge in [0.2, 0.25) is 0 Å². The quantitative estimate of drug-likeness (QED) is 0.290. The zero-order valence-electron chi connectivity index (χ0n) is 18.2. The van der Waals surface area contributed by atoms with E-state index in [0.717, 1.165) is 28.4 Å². The molecule has 5 rings (SSSR count). The van der Waals surface area contributed by atoms with Crippen LogP contribution in [0.3, 0.4) is 0 Å². The van der Waals surface area contributed by atoms with E-state index < -0.39 is 12.1 Å². The lowest BCUT2D eigenvalue weighted by Gasteiger charge is -2.25. The van der Waals surface area contributed by atoms with E-state index >= 15 is 0 Å². The molecule has 0 saturated carbocycles. The number of aromatic nitrogens is 2. The molecule has 0 unspecified atom stereocenters. The number of carbonyl (C=O) groups excluding carboxylic acids is 1. The Morgan fingerprint density at radius 2 is 1.97 bits per heavy atom. The Morgan fingerprint density at radius 1 is 1.14 bits per heavy atom. The molecule has 1 aromatic carbocycles. The molecular weight excluding hydrogens is 485 g/mol. The first-order chi connectivity index (χ1) is 16.8. The van der Waals surface area contributed by atoms with Crippen molar-refractivity contribution >= 4 is 39.0 Å². The van der Waals surface area contributed by atoms with Crippen molar-refractivity contribution in [1.29, 1.82) is 0 Å². The standard InChI is InChI=1S/C23H19F3N4O4S/c24-23(25,26)22(31)34-15-3-1-2-14(10-15)29-21-20-17(27-13-28-21)11-19(35-20)18-5-4-16(33-18)12-30-6-8-32-9-7-30/h1-5,10-11,13H,6-9,12H2,(H,27,28,29). The van der Waals surface area contributed by atoms with Crippen LogP contribution in [0.1, 0.15) is 5.76 Å². The topological polar surface area (TPSA) is 89.7 Å². The van der Waals surface area contributed by atoms with Crippen molar-refractivity contribution in [3.63, 3.8) is 0 Å². The monoisotopic (exact) mass is 504 g/mol. The van der Waals surface area contributed by atoms with E-state index in [4.69, 9.17) is 9.15 Å². The molecule has 1 aliphatic rings. The Hall–Kier alpha value is -3.48. The number of benzene rings is 1. The van der Waals surface area contributed by atoms with Gasteiger partial charge in [0.1, 0.15) is 23.6 Å². The average molecular weight is 504 g/mol. The summed E-state index contributed by atoms with van der Waals surface area (Å²) in [6.45, 7) is 3.86. The summed E-state index contributed by atoms with van der Waals surface area (Å²) in [5.74, 6) is -0.491. The normalized spacial score (nSPS) is 14.8. The number of ether oxygens (including phenoxy) is 2. The van der Waals surface area contributed by atoms with Gasteiger partial charge in [-0.3, -0.25) is 4.90 Å². The van der Waals surface area contributed by atoms with Gasteiger partial charge in [-0.25, -0.2) is 14.8 Å². The predicted molar refractivity (Wildman–Crippen MR) is 123 cm³/mol. The second kappa shape index (κ2) is 9.64. The Kier molecular flexibility index (Phi) is 6.41. The van der Waals surface area contributed by atoms with Crippen LogP contribution in [-0.4, -0.2) is 53.3 Å². The summed E-state index contributed by atoms with van der Waals surface area (Å²) in [7, 11) is 0. The lowest BCUT2D eigenvalue weighted by molar-refractivity contribution is -0.189. The summed E-state index contributed by atoms with van der Waals surface area (Å²) in [5.41, 5.74) is 1.09.